The SMILES string of the molecule is Cc1ccc(C)c(NC(=O)C(=O)NCCc2csc3nc(-c4ccc(Cl)cc4)nn23)c1. The van der Waals surface area contributed by atoms with Gasteiger partial charge in [-0.15, -0.1) is 16.4 Å². The summed E-state index contributed by atoms with van der Waals surface area (Å²) in [7, 11) is 0. The quantitative estimate of drug-likeness (QED) is 0.446. The van der Waals surface area contributed by atoms with Crippen molar-refractivity contribution in [3.8, 4) is 11.4 Å². The van der Waals surface area contributed by atoms with Gasteiger partial charge in [0.05, 0.1) is 5.69 Å². The zero-order chi connectivity index (χ0) is 22.0. The maximum Gasteiger partial charge on any atom is 0.313 e. The molecule has 2 aromatic carbocycles. The Morgan fingerprint density at radius 2 is 1.87 bits per heavy atom. The van der Waals surface area contributed by atoms with E-state index >= 15 is 0 Å². The van der Waals surface area contributed by atoms with Crippen molar-refractivity contribution in [3.63, 3.8) is 0 Å². The van der Waals surface area contributed by atoms with Gasteiger partial charge in [-0.1, -0.05) is 23.7 Å². The minimum absolute atomic E-state index is 0.307. The molecular formula is C22H20ClN5O2S. The smallest absolute Gasteiger partial charge is 0.313 e. The van der Waals surface area contributed by atoms with Crippen LogP contribution in [0.1, 0.15) is 16.8 Å². The maximum absolute atomic E-state index is 12.2. The Kier molecular flexibility index (Phi) is 6.01. The Bertz CT molecular complexity index is 1260. The number of carbonyl (C=O) groups excluding carboxylic acids is 2. The number of aromatic nitrogens is 3. The Balaban J connectivity index is 1.37. The van der Waals surface area contributed by atoms with E-state index in [1.807, 2.05) is 49.6 Å². The third-order valence-electron chi connectivity index (χ3n) is 4.77. The molecule has 31 heavy (non-hydrogen) atoms. The zero-order valence-corrected chi connectivity index (χ0v) is 18.5. The molecule has 0 atom stereocenters. The van der Waals surface area contributed by atoms with E-state index < -0.39 is 11.8 Å². The number of aryl methyl sites for hydroxylation is 2. The minimum atomic E-state index is -0.685. The molecule has 2 aromatic heterocycles. The molecule has 2 amide bonds. The molecule has 4 aromatic rings. The lowest BCUT2D eigenvalue weighted by molar-refractivity contribution is -0.136. The highest BCUT2D eigenvalue weighted by molar-refractivity contribution is 7.15. The third-order valence-corrected chi connectivity index (χ3v) is 5.88. The summed E-state index contributed by atoms with van der Waals surface area (Å²) in [6.45, 7) is 4.12. The first-order valence-corrected chi connectivity index (χ1v) is 10.9. The molecule has 0 aliphatic heterocycles. The van der Waals surface area contributed by atoms with E-state index in [0.717, 1.165) is 27.3 Å². The van der Waals surface area contributed by atoms with E-state index in [1.54, 1.807) is 16.6 Å². The second kappa shape index (κ2) is 8.87. The van der Waals surface area contributed by atoms with Crippen molar-refractivity contribution in [1.82, 2.24) is 19.9 Å². The van der Waals surface area contributed by atoms with Gasteiger partial charge in [0.2, 0.25) is 4.96 Å². The summed E-state index contributed by atoms with van der Waals surface area (Å²) >= 11 is 7.41. The second-order valence-corrected chi connectivity index (χ2v) is 8.42. The molecule has 0 radical (unpaired) electrons. The van der Waals surface area contributed by atoms with Gasteiger partial charge in [0.1, 0.15) is 0 Å². The number of benzene rings is 2. The highest BCUT2D eigenvalue weighted by Gasteiger charge is 2.16. The van der Waals surface area contributed by atoms with Crippen molar-refractivity contribution in [2.45, 2.75) is 20.3 Å². The van der Waals surface area contributed by atoms with Crippen LogP contribution in [-0.4, -0.2) is 33.0 Å². The highest BCUT2D eigenvalue weighted by atomic mass is 35.5. The Hall–Kier alpha value is -3.23. The number of anilines is 1. The summed E-state index contributed by atoms with van der Waals surface area (Å²) in [6, 6.07) is 13.0. The van der Waals surface area contributed by atoms with Gasteiger partial charge in [-0.25, -0.2) is 4.52 Å². The predicted molar refractivity (Wildman–Crippen MR) is 123 cm³/mol. The van der Waals surface area contributed by atoms with Gasteiger partial charge in [-0.3, -0.25) is 9.59 Å². The first kappa shape index (κ1) is 21.0. The normalized spacial score (nSPS) is 10.9. The van der Waals surface area contributed by atoms with Crippen LogP contribution in [0.3, 0.4) is 0 Å². The molecule has 4 rings (SSSR count). The van der Waals surface area contributed by atoms with Crippen LogP contribution < -0.4 is 10.6 Å². The fraction of sp³-hybridized carbons (Fsp3) is 0.182. The summed E-state index contributed by atoms with van der Waals surface area (Å²) in [6.07, 6.45) is 0.520. The van der Waals surface area contributed by atoms with Gasteiger partial charge >= 0.3 is 11.8 Å². The molecule has 0 aliphatic rings. The minimum Gasteiger partial charge on any atom is -0.347 e. The highest BCUT2D eigenvalue weighted by Crippen LogP contribution is 2.22. The molecule has 0 unspecified atom stereocenters. The average molecular weight is 454 g/mol. The van der Waals surface area contributed by atoms with Crippen LogP contribution in [-0.2, 0) is 16.0 Å². The number of rotatable bonds is 5. The Morgan fingerprint density at radius 1 is 1.10 bits per heavy atom. The number of fused-ring (bicyclic) bond motifs is 1. The van der Waals surface area contributed by atoms with Crippen LogP contribution in [0, 0.1) is 13.8 Å². The van der Waals surface area contributed by atoms with Gasteiger partial charge in [0, 0.05) is 34.6 Å². The largest absolute Gasteiger partial charge is 0.347 e. The van der Waals surface area contributed by atoms with E-state index in [-0.39, 0.29) is 0 Å². The van der Waals surface area contributed by atoms with E-state index in [9.17, 15) is 9.59 Å². The van der Waals surface area contributed by atoms with Crippen molar-refractivity contribution in [3.05, 3.63) is 69.7 Å². The molecule has 0 aliphatic carbocycles. The maximum atomic E-state index is 12.2. The van der Waals surface area contributed by atoms with E-state index in [2.05, 4.69) is 20.7 Å². The number of nitrogens with one attached hydrogen (secondary N) is 2. The van der Waals surface area contributed by atoms with Gasteiger partial charge in [-0.2, -0.15) is 4.98 Å². The number of amides is 2. The van der Waals surface area contributed by atoms with Crippen LogP contribution in [0.5, 0.6) is 0 Å². The molecule has 7 nitrogen and oxygen atoms in total. The van der Waals surface area contributed by atoms with Crippen LogP contribution in [0.15, 0.2) is 47.8 Å². The topological polar surface area (TPSA) is 88.4 Å². The molecule has 0 bridgehead atoms. The second-order valence-electron chi connectivity index (χ2n) is 7.14. The summed E-state index contributed by atoms with van der Waals surface area (Å²) in [5.41, 5.74) is 4.33. The number of nitrogens with zero attached hydrogens (tertiary/aromatic N) is 3. The number of hydrogen-bond donors (Lipinski definition) is 2. The standard InChI is InChI=1S/C22H20ClN5O2S/c1-13-3-4-14(2)18(11-13)25-21(30)20(29)24-10-9-17-12-31-22-26-19(27-28(17)22)15-5-7-16(23)8-6-15/h3-8,11-12H,9-10H2,1-2H3,(H,24,29)(H,25,30). The summed E-state index contributed by atoms with van der Waals surface area (Å²) < 4.78 is 1.76. The van der Waals surface area contributed by atoms with Crippen LogP contribution in [0.2, 0.25) is 5.02 Å². The molecule has 2 N–H and O–H groups in total. The van der Waals surface area contributed by atoms with Crippen molar-refractivity contribution < 1.29 is 9.59 Å². The van der Waals surface area contributed by atoms with Crippen LogP contribution in [0.4, 0.5) is 5.69 Å². The molecule has 0 saturated carbocycles. The van der Waals surface area contributed by atoms with Crippen LogP contribution >= 0.6 is 22.9 Å². The Morgan fingerprint density at radius 3 is 2.65 bits per heavy atom. The summed E-state index contributed by atoms with van der Waals surface area (Å²) in [5, 5.41) is 12.5. The summed E-state index contributed by atoms with van der Waals surface area (Å²) in [4.78, 5) is 29.7. The van der Waals surface area contributed by atoms with Gasteiger partial charge in [-0.05, 0) is 55.3 Å². The molecule has 0 saturated heterocycles. The van der Waals surface area contributed by atoms with Gasteiger partial charge < -0.3 is 10.6 Å². The predicted octanol–water partition coefficient (Wildman–Crippen LogP) is 4.03. The molecule has 9 heteroatoms. The fourth-order valence-corrected chi connectivity index (χ4v) is 4.03. The van der Waals surface area contributed by atoms with E-state index in [4.69, 9.17) is 11.6 Å². The van der Waals surface area contributed by atoms with Gasteiger partial charge in [0.25, 0.3) is 0 Å². The Labute approximate surface area is 188 Å². The van der Waals surface area contributed by atoms with Crippen molar-refractivity contribution in [2.75, 3.05) is 11.9 Å². The van der Waals surface area contributed by atoms with Gasteiger partial charge in [0.15, 0.2) is 5.82 Å². The number of carbonyl (C=O) groups is 2. The first-order chi connectivity index (χ1) is 14.9. The van der Waals surface area contributed by atoms with Crippen molar-refractivity contribution in [2.24, 2.45) is 0 Å². The van der Waals surface area contributed by atoms with Crippen molar-refractivity contribution >= 4 is 45.4 Å². The zero-order valence-electron chi connectivity index (χ0n) is 17.0. The van der Waals surface area contributed by atoms with Crippen LogP contribution in [0.25, 0.3) is 16.3 Å². The molecular weight excluding hydrogens is 434 g/mol. The number of halogens is 1. The van der Waals surface area contributed by atoms with E-state index in [1.165, 1.54) is 11.3 Å². The number of hydrogen-bond acceptors (Lipinski definition) is 5. The summed E-state index contributed by atoms with van der Waals surface area (Å²) in [5.74, 6) is -0.746. The van der Waals surface area contributed by atoms with E-state index in [0.29, 0.717) is 29.5 Å². The fourth-order valence-electron chi connectivity index (χ4n) is 3.05. The van der Waals surface area contributed by atoms with Crippen molar-refractivity contribution in [1.29, 1.82) is 0 Å². The lowest BCUT2D eigenvalue weighted by atomic mass is 10.1. The first-order valence-electron chi connectivity index (χ1n) is 9.66. The molecule has 0 fully saturated rings. The lowest BCUT2D eigenvalue weighted by Crippen LogP contribution is -2.36. The molecule has 2 heterocycles. The average Bonchev–Trinajstić information content (AvgIpc) is 3.33. The number of thiazole rings is 1. The monoisotopic (exact) mass is 453 g/mol. The molecule has 0 spiro atoms. The molecule has 158 valence electrons. The lowest BCUT2D eigenvalue weighted by Gasteiger charge is -2.09. The third kappa shape index (κ3) is 4.76.